The standard InChI is InChI=1S/C24H15ClN2O2/c25-22-13-18(15-27-23(28)20-3-1-2-4-21(20)24(27)29)10-12-19(22)11-9-16-5-7-17(14-26)8-6-16/h1-13H,15H2/b11-9+. The number of hydrogen-bond donors (Lipinski definition) is 0. The van der Waals surface area contributed by atoms with Gasteiger partial charge in [0.05, 0.1) is 29.3 Å². The predicted octanol–water partition coefficient (Wildman–Crippen LogP) is 5.18. The Kier molecular flexibility index (Phi) is 4.99. The second-order valence-corrected chi connectivity index (χ2v) is 7.07. The van der Waals surface area contributed by atoms with Crippen molar-refractivity contribution in [2.45, 2.75) is 6.54 Å². The first-order valence-electron chi connectivity index (χ1n) is 8.99. The van der Waals surface area contributed by atoms with Gasteiger partial charge in [-0.15, -0.1) is 0 Å². The zero-order valence-electron chi connectivity index (χ0n) is 15.3. The number of carbonyl (C=O) groups is 2. The second kappa shape index (κ2) is 7.75. The summed E-state index contributed by atoms with van der Waals surface area (Å²) in [4.78, 5) is 26.3. The number of imide groups is 1. The molecule has 5 heteroatoms. The topological polar surface area (TPSA) is 61.2 Å². The van der Waals surface area contributed by atoms with E-state index in [0.717, 1.165) is 16.7 Å². The summed E-state index contributed by atoms with van der Waals surface area (Å²) >= 11 is 6.41. The van der Waals surface area contributed by atoms with Crippen LogP contribution in [0.3, 0.4) is 0 Å². The molecule has 0 spiro atoms. The van der Waals surface area contributed by atoms with Gasteiger partial charge in [0.15, 0.2) is 0 Å². The fourth-order valence-electron chi connectivity index (χ4n) is 3.22. The van der Waals surface area contributed by atoms with Gasteiger partial charge in [-0.3, -0.25) is 14.5 Å². The average Bonchev–Trinajstić information content (AvgIpc) is 2.99. The van der Waals surface area contributed by atoms with Gasteiger partial charge in [0.2, 0.25) is 0 Å². The largest absolute Gasteiger partial charge is 0.270 e. The summed E-state index contributed by atoms with van der Waals surface area (Å²) in [5.74, 6) is -0.571. The number of amides is 2. The maximum atomic E-state index is 12.5. The number of halogens is 1. The fourth-order valence-corrected chi connectivity index (χ4v) is 3.49. The molecule has 0 aliphatic carbocycles. The van der Waals surface area contributed by atoms with E-state index in [9.17, 15) is 9.59 Å². The van der Waals surface area contributed by atoms with E-state index in [1.54, 1.807) is 42.5 Å². The molecule has 0 unspecified atom stereocenters. The normalized spacial score (nSPS) is 13.0. The van der Waals surface area contributed by atoms with Crippen LogP contribution in [-0.4, -0.2) is 16.7 Å². The molecule has 4 rings (SSSR count). The minimum atomic E-state index is -0.286. The summed E-state index contributed by atoms with van der Waals surface area (Å²) in [7, 11) is 0. The maximum absolute atomic E-state index is 12.5. The molecule has 140 valence electrons. The van der Waals surface area contributed by atoms with Gasteiger partial charge >= 0.3 is 0 Å². The molecule has 3 aromatic carbocycles. The monoisotopic (exact) mass is 398 g/mol. The molecule has 2 amide bonds. The van der Waals surface area contributed by atoms with Crippen LogP contribution in [0.5, 0.6) is 0 Å². The van der Waals surface area contributed by atoms with Crippen LogP contribution in [0.25, 0.3) is 12.2 Å². The van der Waals surface area contributed by atoms with Crippen LogP contribution < -0.4 is 0 Å². The Balaban J connectivity index is 1.51. The van der Waals surface area contributed by atoms with Crippen molar-refractivity contribution in [3.05, 3.63) is 105 Å². The molecule has 29 heavy (non-hydrogen) atoms. The molecule has 1 aliphatic heterocycles. The van der Waals surface area contributed by atoms with Crippen LogP contribution in [0.2, 0.25) is 5.02 Å². The molecular weight excluding hydrogens is 384 g/mol. The smallest absolute Gasteiger partial charge is 0.261 e. The number of rotatable bonds is 4. The van der Waals surface area contributed by atoms with Gasteiger partial charge in [-0.05, 0) is 47.0 Å². The number of benzene rings is 3. The summed E-state index contributed by atoms with van der Waals surface area (Å²) in [5, 5.41) is 9.39. The summed E-state index contributed by atoms with van der Waals surface area (Å²) in [6.07, 6.45) is 3.79. The lowest BCUT2D eigenvalue weighted by Crippen LogP contribution is -2.29. The van der Waals surface area contributed by atoms with Crippen molar-refractivity contribution in [3.8, 4) is 6.07 Å². The summed E-state index contributed by atoms with van der Waals surface area (Å²) < 4.78 is 0. The van der Waals surface area contributed by atoms with Crippen molar-refractivity contribution in [2.75, 3.05) is 0 Å². The summed E-state index contributed by atoms with van der Waals surface area (Å²) in [6.45, 7) is 0.172. The van der Waals surface area contributed by atoms with Crippen molar-refractivity contribution < 1.29 is 9.59 Å². The van der Waals surface area contributed by atoms with E-state index in [4.69, 9.17) is 16.9 Å². The van der Waals surface area contributed by atoms with Crippen LogP contribution >= 0.6 is 11.6 Å². The molecule has 0 saturated heterocycles. The minimum Gasteiger partial charge on any atom is -0.270 e. The lowest BCUT2D eigenvalue weighted by atomic mass is 10.1. The van der Waals surface area contributed by atoms with Crippen molar-refractivity contribution in [1.29, 1.82) is 5.26 Å². The molecule has 0 aromatic heterocycles. The van der Waals surface area contributed by atoms with Gasteiger partial charge < -0.3 is 0 Å². The van der Waals surface area contributed by atoms with E-state index in [1.807, 2.05) is 36.4 Å². The zero-order chi connectivity index (χ0) is 20.4. The SMILES string of the molecule is N#Cc1ccc(/C=C/c2ccc(CN3C(=O)c4ccccc4C3=O)cc2Cl)cc1. The third kappa shape index (κ3) is 3.69. The van der Waals surface area contributed by atoms with Gasteiger partial charge in [-0.1, -0.05) is 60.2 Å². The molecule has 0 saturated carbocycles. The predicted molar refractivity (Wildman–Crippen MR) is 112 cm³/mol. The third-order valence-electron chi connectivity index (χ3n) is 4.78. The molecule has 0 fully saturated rings. The Morgan fingerprint density at radius 2 is 1.55 bits per heavy atom. The maximum Gasteiger partial charge on any atom is 0.261 e. The van der Waals surface area contributed by atoms with Crippen LogP contribution in [0, 0.1) is 11.3 Å². The Hall–Kier alpha value is -3.68. The van der Waals surface area contributed by atoms with Crippen LogP contribution in [0.1, 0.15) is 43.0 Å². The lowest BCUT2D eigenvalue weighted by Gasteiger charge is -2.14. The Morgan fingerprint density at radius 3 is 2.14 bits per heavy atom. The Bertz CT molecular complexity index is 1160. The van der Waals surface area contributed by atoms with E-state index >= 15 is 0 Å². The van der Waals surface area contributed by atoms with Crippen molar-refractivity contribution in [3.63, 3.8) is 0 Å². The molecule has 1 heterocycles. The van der Waals surface area contributed by atoms with E-state index in [-0.39, 0.29) is 18.4 Å². The third-order valence-corrected chi connectivity index (χ3v) is 5.11. The molecule has 3 aromatic rings. The number of fused-ring (bicyclic) bond motifs is 1. The Morgan fingerprint density at radius 1 is 0.897 bits per heavy atom. The first-order valence-corrected chi connectivity index (χ1v) is 9.36. The van der Waals surface area contributed by atoms with E-state index < -0.39 is 0 Å². The first-order chi connectivity index (χ1) is 14.1. The van der Waals surface area contributed by atoms with E-state index in [1.165, 1.54) is 4.90 Å². The van der Waals surface area contributed by atoms with Gasteiger partial charge in [0.25, 0.3) is 11.8 Å². The lowest BCUT2D eigenvalue weighted by molar-refractivity contribution is 0.0642. The number of nitrogens with zero attached hydrogens (tertiary/aromatic N) is 2. The van der Waals surface area contributed by atoms with Gasteiger partial charge in [-0.25, -0.2) is 0 Å². The van der Waals surface area contributed by atoms with Gasteiger partial charge in [0.1, 0.15) is 0 Å². The number of hydrogen-bond acceptors (Lipinski definition) is 3. The van der Waals surface area contributed by atoms with Crippen LogP contribution in [-0.2, 0) is 6.54 Å². The van der Waals surface area contributed by atoms with Crippen molar-refractivity contribution in [2.24, 2.45) is 0 Å². The first kappa shape index (κ1) is 18.7. The molecule has 1 aliphatic rings. The molecule has 0 N–H and O–H groups in total. The highest BCUT2D eigenvalue weighted by Gasteiger charge is 2.34. The van der Waals surface area contributed by atoms with Gasteiger partial charge in [0, 0.05) is 5.02 Å². The highest BCUT2D eigenvalue weighted by Crippen LogP contribution is 2.26. The zero-order valence-corrected chi connectivity index (χ0v) is 16.1. The second-order valence-electron chi connectivity index (χ2n) is 6.67. The summed E-state index contributed by atoms with van der Waals surface area (Å²) in [6, 6.07) is 21.6. The molecule has 4 nitrogen and oxygen atoms in total. The van der Waals surface area contributed by atoms with Gasteiger partial charge in [-0.2, -0.15) is 5.26 Å². The van der Waals surface area contributed by atoms with Crippen molar-refractivity contribution in [1.82, 2.24) is 4.90 Å². The molecule has 0 radical (unpaired) electrons. The molecular formula is C24H15ClN2O2. The Labute approximate surface area is 173 Å². The highest BCUT2D eigenvalue weighted by molar-refractivity contribution is 6.32. The number of carbonyl (C=O) groups excluding carboxylic acids is 2. The average molecular weight is 399 g/mol. The quantitative estimate of drug-likeness (QED) is 0.449. The number of nitriles is 1. The highest BCUT2D eigenvalue weighted by atomic mass is 35.5. The molecule has 0 atom stereocenters. The van der Waals surface area contributed by atoms with E-state index in [0.29, 0.717) is 21.7 Å². The molecule has 0 bridgehead atoms. The van der Waals surface area contributed by atoms with Crippen molar-refractivity contribution >= 4 is 35.6 Å². The van der Waals surface area contributed by atoms with Crippen LogP contribution in [0.15, 0.2) is 66.7 Å². The minimum absolute atomic E-state index is 0.172. The van der Waals surface area contributed by atoms with E-state index in [2.05, 4.69) is 6.07 Å². The fraction of sp³-hybridized carbons (Fsp3) is 0.0417. The van der Waals surface area contributed by atoms with Crippen LogP contribution in [0.4, 0.5) is 0 Å². The summed E-state index contributed by atoms with van der Waals surface area (Å²) in [5.41, 5.74) is 4.03.